The molecule has 0 spiro atoms. The number of fused-ring (bicyclic) bond motifs is 2. The van der Waals surface area contributed by atoms with Crippen LogP contribution in [0.2, 0.25) is 0 Å². The highest BCUT2D eigenvalue weighted by atomic mass is 19.4. The second kappa shape index (κ2) is 8.93. The first-order valence-corrected chi connectivity index (χ1v) is 12.5. The lowest BCUT2D eigenvalue weighted by molar-refractivity contribution is -0.137. The lowest BCUT2D eigenvalue weighted by Gasteiger charge is -2.32. The number of aromatic nitrogens is 4. The number of carbonyl (C=O) groups excluding carboxylic acids is 1. The van der Waals surface area contributed by atoms with Gasteiger partial charge in [-0.1, -0.05) is 30.3 Å². The number of aryl methyl sites for hydroxylation is 1. The second-order valence-electron chi connectivity index (χ2n) is 9.89. The van der Waals surface area contributed by atoms with Gasteiger partial charge >= 0.3 is 11.9 Å². The van der Waals surface area contributed by atoms with Crippen molar-refractivity contribution >= 4 is 16.9 Å². The third-order valence-electron chi connectivity index (χ3n) is 7.64. The predicted molar refractivity (Wildman–Crippen MR) is 131 cm³/mol. The molecule has 1 N–H and O–H groups in total. The standard InChI is InChI=1S/C27H26F3N5O2/c28-27(29,30)19-5-3-4-17(14-19)18-8-9-24-31-22(16-34(24)15-18)25(36)33-12-10-20(11-13-33)35-23-7-2-1-6-21(23)32-26(35)37/h1-7,14,16,18,20H,8-13,15H2,(H,32,37). The van der Waals surface area contributed by atoms with Crippen LogP contribution in [0.5, 0.6) is 0 Å². The smallest absolute Gasteiger partial charge is 0.337 e. The van der Waals surface area contributed by atoms with Crippen molar-refractivity contribution in [1.29, 1.82) is 0 Å². The zero-order chi connectivity index (χ0) is 25.7. The van der Waals surface area contributed by atoms with Crippen molar-refractivity contribution in [2.24, 2.45) is 0 Å². The molecule has 192 valence electrons. The third-order valence-corrected chi connectivity index (χ3v) is 7.64. The molecule has 2 aromatic heterocycles. The van der Waals surface area contributed by atoms with Crippen LogP contribution in [0.25, 0.3) is 11.0 Å². The van der Waals surface area contributed by atoms with Gasteiger partial charge in [0, 0.05) is 44.2 Å². The van der Waals surface area contributed by atoms with E-state index in [0.29, 0.717) is 56.6 Å². The van der Waals surface area contributed by atoms with Gasteiger partial charge in [-0.05, 0) is 43.0 Å². The average Bonchev–Trinajstić information content (AvgIpc) is 3.47. The first-order valence-electron chi connectivity index (χ1n) is 12.5. The van der Waals surface area contributed by atoms with Gasteiger partial charge < -0.3 is 14.5 Å². The van der Waals surface area contributed by atoms with Crippen molar-refractivity contribution in [2.45, 2.75) is 50.4 Å². The maximum Gasteiger partial charge on any atom is 0.416 e. The quantitative estimate of drug-likeness (QED) is 0.433. The van der Waals surface area contributed by atoms with E-state index in [1.165, 1.54) is 12.1 Å². The summed E-state index contributed by atoms with van der Waals surface area (Å²) in [5, 5.41) is 0. The molecule has 1 saturated heterocycles. The zero-order valence-corrected chi connectivity index (χ0v) is 20.0. The molecule has 2 aliphatic heterocycles. The van der Waals surface area contributed by atoms with Gasteiger partial charge in [0.2, 0.25) is 0 Å². The van der Waals surface area contributed by atoms with Gasteiger partial charge in [0.1, 0.15) is 11.5 Å². The summed E-state index contributed by atoms with van der Waals surface area (Å²) in [7, 11) is 0. The summed E-state index contributed by atoms with van der Waals surface area (Å²) in [6.07, 6.45) is -0.0403. The Bertz CT molecular complexity index is 1520. The van der Waals surface area contributed by atoms with Gasteiger partial charge in [0.25, 0.3) is 5.91 Å². The number of para-hydroxylation sites is 2. The Balaban J connectivity index is 1.14. The number of carbonyl (C=O) groups is 1. The lowest BCUT2D eigenvalue weighted by atomic mass is 9.90. The number of aromatic amines is 1. The fraction of sp³-hybridized carbons (Fsp3) is 0.370. The summed E-state index contributed by atoms with van der Waals surface area (Å²) in [4.78, 5) is 35.0. The Kier molecular flexibility index (Phi) is 5.69. The molecule has 10 heteroatoms. The molecule has 0 bridgehead atoms. The summed E-state index contributed by atoms with van der Waals surface area (Å²) in [5.41, 5.74) is 1.91. The largest absolute Gasteiger partial charge is 0.416 e. The molecule has 1 unspecified atom stereocenters. The summed E-state index contributed by atoms with van der Waals surface area (Å²) in [6.45, 7) is 1.53. The van der Waals surface area contributed by atoms with Crippen molar-refractivity contribution in [1.82, 2.24) is 24.0 Å². The number of imidazole rings is 2. The molecule has 1 atom stereocenters. The molecule has 4 heterocycles. The highest BCUT2D eigenvalue weighted by Gasteiger charge is 2.32. The van der Waals surface area contributed by atoms with Crippen LogP contribution in [0.15, 0.2) is 59.5 Å². The minimum atomic E-state index is -4.38. The fourth-order valence-electron chi connectivity index (χ4n) is 5.71. The van der Waals surface area contributed by atoms with Gasteiger partial charge in [-0.3, -0.25) is 9.36 Å². The van der Waals surface area contributed by atoms with E-state index >= 15 is 0 Å². The molecule has 0 radical (unpaired) electrons. The van der Waals surface area contributed by atoms with E-state index in [1.807, 2.05) is 28.8 Å². The van der Waals surface area contributed by atoms with Crippen LogP contribution in [-0.4, -0.2) is 43.0 Å². The minimum Gasteiger partial charge on any atom is -0.337 e. The zero-order valence-electron chi connectivity index (χ0n) is 20.0. The molecule has 4 aromatic rings. The third kappa shape index (κ3) is 4.34. The minimum absolute atomic E-state index is 0.0103. The monoisotopic (exact) mass is 509 g/mol. The molecule has 2 aliphatic rings. The van der Waals surface area contributed by atoms with Crippen molar-refractivity contribution in [3.63, 3.8) is 0 Å². The van der Waals surface area contributed by atoms with Crippen molar-refractivity contribution < 1.29 is 18.0 Å². The topological polar surface area (TPSA) is 75.9 Å². The highest BCUT2D eigenvalue weighted by Crippen LogP contribution is 2.34. The van der Waals surface area contributed by atoms with Gasteiger partial charge in [-0.2, -0.15) is 13.2 Å². The number of nitrogens with zero attached hydrogens (tertiary/aromatic N) is 4. The first kappa shape index (κ1) is 23.6. The van der Waals surface area contributed by atoms with Gasteiger partial charge in [-0.25, -0.2) is 9.78 Å². The molecule has 7 nitrogen and oxygen atoms in total. The molecular formula is C27H26F3N5O2. The highest BCUT2D eigenvalue weighted by molar-refractivity contribution is 5.92. The molecule has 1 amide bonds. The lowest BCUT2D eigenvalue weighted by Crippen LogP contribution is -2.40. The van der Waals surface area contributed by atoms with Crippen LogP contribution in [0.3, 0.4) is 0 Å². The summed E-state index contributed by atoms with van der Waals surface area (Å²) in [6, 6.07) is 13.1. The van der Waals surface area contributed by atoms with E-state index in [2.05, 4.69) is 9.97 Å². The predicted octanol–water partition coefficient (Wildman–Crippen LogP) is 4.75. The molecule has 0 aliphatic carbocycles. The van der Waals surface area contributed by atoms with E-state index in [-0.39, 0.29) is 23.6 Å². The van der Waals surface area contributed by atoms with E-state index in [1.54, 1.807) is 21.7 Å². The molecule has 6 rings (SSSR count). The van der Waals surface area contributed by atoms with Crippen molar-refractivity contribution in [3.05, 3.63) is 87.9 Å². The SMILES string of the molecule is O=C(c1cn2c(n1)CCC(c1cccc(C(F)(F)F)c1)C2)N1CCC(n2c(=O)[nH]c3ccccc32)CC1. The van der Waals surface area contributed by atoms with Crippen LogP contribution in [-0.2, 0) is 19.1 Å². The van der Waals surface area contributed by atoms with Crippen LogP contribution < -0.4 is 5.69 Å². The number of amides is 1. The molecule has 0 saturated carbocycles. The van der Waals surface area contributed by atoms with E-state index in [0.717, 1.165) is 22.9 Å². The number of likely N-dealkylation sites (tertiary alicyclic amines) is 1. The number of hydrogen-bond acceptors (Lipinski definition) is 3. The van der Waals surface area contributed by atoms with E-state index in [4.69, 9.17) is 0 Å². The van der Waals surface area contributed by atoms with Gasteiger partial charge in [0.15, 0.2) is 0 Å². The molecule has 2 aromatic carbocycles. The van der Waals surface area contributed by atoms with Gasteiger partial charge in [-0.15, -0.1) is 0 Å². The normalized spacial score (nSPS) is 18.8. The van der Waals surface area contributed by atoms with E-state index in [9.17, 15) is 22.8 Å². The maximum atomic E-state index is 13.2. The Morgan fingerprint density at radius 1 is 1.03 bits per heavy atom. The number of rotatable bonds is 3. The number of alkyl halides is 3. The molecular weight excluding hydrogens is 483 g/mol. The Morgan fingerprint density at radius 3 is 2.59 bits per heavy atom. The molecule has 37 heavy (non-hydrogen) atoms. The second-order valence-corrected chi connectivity index (χ2v) is 9.89. The summed E-state index contributed by atoms with van der Waals surface area (Å²) >= 11 is 0. The summed E-state index contributed by atoms with van der Waals surface area (Å²) < 4.78 is 43.2. The summed E-state index contributed by atoms with van der Waals surface area (Å²) in [5.74, 6) is 0.561. The Hall–Kier alpha value is -3.82. The van der Waals surface area contributed by atoms with Gasteiger partial charge in [0.05, 0.1) is 16.6 Å². The number of piperidine rings is 1. The average molecular weight is 510 g/mol. The van der Waals surface area contributed by atoms with Crippen LogP contribution in [0.1, 0.15) is 58.7 Å². The first-order chi connectivity index (χ1) is 17.8. The van der Waals surface area contributed by atoms with Crippen LogP contribution in [0, 0.1) is 0 Å². The number of H-pyrrole nitrogens is 1. The number of hydrogen-bond donors (Lipinski definition) is 1. The van der Waals surface area contributed by atoms with Crippen molar-refractivity contribution in [2.75, 3.05) is 13.1 Å². The maximum absolute atomic E-state index is 13.2. The van der Waals surface area contributed by atoms with Crippen LogP contribution in [0.4, 0.5) is 13.2 Å². The number of nitrogens with one attached hydrogen (secondary N) is 1. The number of halogens is 3. The van der Waals surface area contributed by atoms with Crippen molar-refractivity contribution in [3.8, 4) is 0 Å². The number of benzene rings is 2. The van der Waals surface area contributed by atoms with Crippen LogP contribution >= 0.6 is 0 Å². The van der Waals surface area contributed by atoms with E-state index < -0.39 is 11.7 Å². The Labute approximate surface area is 210 Å². The Morgan fingerprint density at radius 2 is 1.81 bits per heavy atom. The fourth-order valence-corrected chi connectivity index (χ4v) is 5.71. The molecule has 1 fully saturated rings.